The molecule has 102 valence electrons. The van der Waals surface area contributed by atoms with Crippen LogP contribution >= 0.6 is 0 Å². The minimum atomic E-state index is 0.182. The summed E-state index contributed by atoms with van der Waals surface area (Å²) in [5, 5.41) is 3.17. The molecule has 3 heterocycles. The lowest BCUT2D eigenvalue weighted by atomic mass is 9.78. The second-order valence-electron chi connectivity index (χ2n) is 6.00. The Morgan fingerprint density at radius 1 is 1.21 bits per heavy atom. The maximum atomic E-state index is 12.5. The van der Waals surface area contributed by atoms with E-state index in [9.17, 15) is 4.79 Å². The Balaban J connectivity index is 1.75. The topological polar surface area (TPSA) is 32.3 Å². The number of carbonyl (C=O) groups excluding carboxylic acids is 1. The minimum Gasteiger partial charge on any atom is -0.325 e. The normalized spacial score (nSPS) is 29.3. The number of rotatable bonds is 2. The van der Waals surface area contributed by atoms with Gasteiger partial charge >= 0.3 is 0 Å². The van der Waals surface area contributed by atoms with Crippen LogP contribution in [0.3, 0.4) is 0 Å². The first kappa shape index (κ1) is 12.7. The van der Waals surface area contributed by atoms with Crippen molar-refractivity contribution in [3.63, 3.8) is 0 Å². The van der Waals surface area contributed by atoms with Crippen molar-refractivity contribution in [2.75, 3.05) is 25.0 Å². The Hall–Kier alpha value is -1.35. The highest BCUT2D eigenvalue weighted by atomic mass is 16.2. The van der Waals surface area contributed by atoms with E-state index in [1.165, 1.54) is 25.9 Å². The van der Waals surface area contributed by atoms with Crippen molar-refractivity contribution >= 4 is 11.6 Å². The average molecular weight is 258 g/mol. The molecule has 4 rings (SSSR count). The van der Waals surface area contributed by atoms with Gasteiger partial charge in [-0.3, -0.25) is 4.79 Å². The number of carbonyl (C=O) groups is 1. The largest absolute Gasteiger partial charge is 0.325 e. The number of fused-ring (bicyclic) bond motifs is 3. The van der Waals surface area contributed by atoms with Gasteiger partial charge in [0, 0.05) is 12.2 Å². The number of amides is 1. The summed E-state index contributed by atoms with van der Waals surface area (Å²) in [5.74, 6) is 0.989. The van der Waals surface area contributed by atoms with Crippen LogP contribution in [0.5, 0.6) is 0 Å². The van der Waals surface area contributed by atoms with Gasteiger partial charge < -0.3 is 10.2 Å². The van der Waals surface area contributed by atoms with E-state index in [0.29, 0.717) is 5.92 Å². The van der Waals surface area contributed by atoms with Gasteiger partial charge in [0.05, 0.1) is 5.92 Å². The first-order valence-corrected chi connectivity index (χ1v) is 7.24. The van der Waals surface area contributed by atoms with Gasteiger partial charge in [0.2, 0.25) is 5.91 Å². The number of aryl methyl sites for hydroxylation is 2. The molecule has 3 aliphatic rings. The van der Waals surface area contributed by atoms with E-state index in [2.05, 4.69) is 36.2 Å². The summed E-state index contributed by atoms with van der Waals surface area (Å²) in [6.07, 6.45) is 2.37. The molecular weight excluding hydrogens is 236 g/mol. The number of hydrogen-bond acceptors (Lipinski definition) is 2. The predicted octanol–water partition coefficient (Wildman–Crippen LogP) is 2.58. The molecule has 1 amide bonds. The molecule has 0 aromatic heterocycles. The molecule has 1 atom stereocenters. The van der Waals surface area contributed by atoms with Gasteiger partial charge in [-0.25, -0.2) is 0 Å². The number of anilines is 1. The molecule has 0 radical (unpaired) electrons. The smallest absolute Gasteiger partial charge is 0.229 e. The van der Waals surface area contributed by atoms with E-state index in [1.54, 1.807) is 0 Å². The number of benzene rings is 1. The molecule has 3 nitrogen and oxygen atoms in total. The highest BCUT2D eigenvalue weighted by Gasteiger charge is 2.38. The Morgan fingerprint density at radius 2 is 1.84 bits per heavy atom. The summed E-state index contributed by atoms with van der Waals surface area (Å²) < 4.78 is 0. The Bertz CT molecular complexity index is 469. The minimum absolute atomic E-state index is 0.182. The van der Waals surface area contributed by atoms with Gasteiger partial charge in [0.25, 0.3) is 0 Å². The van der Waals surface area contributed by atoms with E-state index < -0.39 is 0 Å². The van der Waals surface area contributed by atoms with Crippen molar-refractivity contribution in [1.29, 1.82) is 0 Å². The van der Waals surface area contributed by atoms with Gasteiger partial charge in [-0.2, -0.15) is 0 Å². The standard InChI is InChI=1S/C16H22N2O/c1-11-4-3-5-12(2)15(11)17-16(19)14-10-18-8-6-13(14)7-9-18/h3-5,13-14H,6-10H2,1-2H3,(H,17,19). The molecule has 3 aliphatic heterocycles. The number of nitrogens with one attached hydrogen (secondary N) is 1. The second kappa shape index (κ2) is 4.97. The Morgan fingerprint density at radius 3 is 2.37 bits per heavy atom. The SMILES string of the molecule is Cc1cccc(C)c1NC(=O)C1CN2CCC1CC2. The Kier molecular flexibility index (Phi) is 3.31. The lowest BCUT2D eigenvalue weighted by Crippen LogP contribution is -2.51. The van der Waals surface area contributed by atoms with Gasteiger partial charge in [0.15, 0.2) is 0 Å². The lowest BCUT2D eigenvalue weighted by molar-refractivity contribution is -0.125. The van der Waals surface area contributed by atoms with Gasteiger partial charge in [-0.05, 0) is 56.8 Å². The maximum absolute atomic E-state index is 12.5. The third kappa shape index (κ3) is 2.39. The van der Waals surface area contributed by atoms with Crippen LogP contribution in [0.1, 0.15) is 24.0 Å². The quantitative estimate of drug-likeness (QED) is 0.884. The molecule has 3 heteroatoms. The van der Waals surface area contributed by atoms with E-state index >= 15 is 0 Å². The predicted molar refractivity (Wildman–Crippen MR) is 77.2 cm³/mol. The van der Waals surface area contributed by atoms with Crippen LogP contribution in [0.4, 0.5) is 5.69 Å². The van der Waals surface area contributed by atoms with Crippen molar-refractivity contribution < 1.29 is 4.79 Å². The lowest BCUT2D eigenvalue weighted by Gasteiger charge is -2.44. The summed E-state index contributed by atoms with van der Waals surface area (Å²) in [7, 11) is 0. The van der Waals surface area contributed by atoms with E-state index in [0.717, 1.165) is 23.4 Å². The molecular formula is C16H22N2O. The molecule has 19 heavy (non-hydrogen) atoms. The third-order valence-corrected chi connectivity index (χ3v) is 4.72. The van der Waals surface area contributed by atoms with Crippen molar-refractivity contribution in [2.45, 2.75) is 26.7 Å². The third-order valence-electron chi connectivity index (χ3n) is 4.72. The number of para-hydroxylation sites is 1. The molecule has 3 fully saturated rings. The molecule has 2 bridgehead atoms. The molecule has 0 spiro atoms. The van der Waals surface area contributed by atoms with Crippen LogP contribution in [-0.4, -0.2) is 30.4 Å². The summed E-state index contributed by atoms with van der Waals surface area (Å²) in [6, 6.07) is 6.15. The van der Waals surface area contributed by atoms with E-state index in [4.69, 9.17) is 0 Å². The number of hydrogen-bond donors (Lipinski definition) is 1. The van der Waals surface area contributed by atoms with Crippen LogP contribution < -0.4 is 5.32 Å². The maximum Gasteiger partial charge on any atom is 0.229 e. The molecule has 0 aliphatic carbocycles. The number of nitrogens with zero attached hydrogens (tertiary/aromatic N) is 1. The molecule has 1 N–H and O–H groups in total. The fourth-order valence-electron chi connectivity index (χ4n) is 3.49. The monoisotopic (exact) mass is 258 g/mol. The van der Waals surface area contributed by atoms with Crippen molar-refractivity contribution in [2.24, 2.45) is 11.8 Å². The van der Waals surface area contributed by atoms with Crippen LogP contribution in [0.25, 0.3) is 0 Å². The zero-order valence-electron chi connectivity index (χ0n) is 11.8. The van der Waals surface area contributed by atoms with Crippen molar-refractivity contribution in [3.8, 4) is 0 Å². The highest BCUT2D eigenvalue weighted by molar-refractivity contribution is 5.94. The van der Waals surface area contributed by atoms with Crippen molar-refractivity contribution in [1.82, 2.24) is 4.90 Å². The second-order valence-corrected chi connectivity index (χ2v) is 6.00. The molecule has 1 aromatic rings. The van der Waals surface area contributed by atoms with Crippen LogP contribution in [-0.2, 0) is 4.79 Å². The van der Waals surface area contributed by atoms with Crippen LogP contribution in [0.15, 0.2) is 18.2 Å². The average Bonchev–Trinajstić information content (AvgIpc) is 2.44. The molecule has 3 saturated heterocycles. The van der Waals surface area contributed by atoms with Gasteiger partial charge in [0.1, 0.15) is 0 Å². The highest BCUT2D eigenvalue weighted by Crippen LogP contribution is 2.33. The van der Waals surface area contributed by atoms with Gasteiger partial charge in [-0.1, -0.05) is 18.2 Å². The summed E-state index contributed by atoms with van der Waals surface area (Å²) in [6.45, 7) is 7.41. The van der Waals surface area contributed by atoms with Crippen LogP contribution in [0.2, 0.25) is 0 Å². The molecule has 1 aromatic carbocycles. The first-order chi connectivity index (χ1) is 9.15. The number of piperidine rings is 3. The zero-order chi connectivity index (χ0) is 13.4. The van der Waals surface area contributed by atoms with E-state index in [1.807, 2.05) is 6.07 Å². The summed E-state index contributed by atoms with van der Waals surface area (Å²) in [4.78, 5) is 14.9. The van der Waals surface area contributed by atoms with Crippen molar-refractivity contribution in [3.05, 3.63) is 29.3 Å². The molecule has 1 unspecified atom stereocenters. The zero-order valence-corrected chi connectivity index (χ0v) is 11.8. The van der Waals surface area contributed by atoms with Crippen LogP contribution in [0, 0.1) is 25.7 Å². The first-order valence-electron chi connectivity index (χ1n) is 7.24. The Labute approximate surface area is 115 Å². The summed E-state index contributed by atoms with van der Waals surface area (Å²) >= 11 is 0. The van der Waals surface area contributed by atoms with Gasteiger partial charge in [-0.15, -0.1) is 0 Å². The van der Waals surface area contributed by atoms with E-state index in [-0.39, 0.29) is 11.8 Å². The molecule has 0 saturated carbocycles. The fourth-order valence-corrected chi connectivity index (χ4v) is 3.49. The summed E-state index contributed by atoms with van der Waals surface area (Å²) in [5.41, 5.74) is 3.30. The fraction of sp³-hybridized carbons (Fsp3) is 0.562.